The van der Waals surface area contributed by atoms with Crippen molar-refractivity contribution in [2.24, 2.45) is 22.7 Å². The van der Waals surface area contributed by atoms with Crippen molar-refractivity contribution >= 4 is 8.56 Å². The molecule has 0 amide bonds. The van der Waals surface area contributed by atoms with E-state index in [2.05, 4.69) is 34.6 Å². The van der Waals surface area contributed by atoms with Gasteiger partial charge in [0.25, 0.3) is 0 Å². The third kappa shape index (κ3) is 2.56. The van der Waals surface area contributed by atoms with Gasteiger partial charge in [-0.05, 0) is 42.6 Å². The highest BCUT2D eigenvalue weighted by Crippen LogP contribution is 2.71. The lowest BCUT2D eigenvalue weighted by Crippen LogP contribution is -2.69. The van der Waals surface area contributed by atoms with Crippen molar-refractivity contribution in [2.45, 2.75) is 84.4 Å². The summed E-state index contributed by atoms with van der Waals surface area (Å²) in [7, 11) is 0.826. The summed E-state index contributed by atoms with van der Waals surface area (Å²) in [6.45, 7) is 11.5. The maximum atomic E-state index is 12.0. The molecule has 0 aromatic heterocycles. The van der Waals surface area contributed by atoms with Gasteiger partial charge in [0, 0.05) is 19.6 Å². The number of hydrogen-bond acceptors (Lipinski definition) is 3. The Morgan fingerprint density at radius 3 is 2.22 bits per heavy atom. The molecule has 136 valence electrons. The van der Waals surface area contributed by atoms with Gasteiger partial charge in [-0.1, -0.05) is 53.9 Å². The third-order valence-corrected chi connectivity index (χ3v) is 12.4. The minimum absolute atomic E-state index is 0.104. The normalized spacial score (nSPS) is 37.3. The van der Waals surface area contributed by atoms with Gasteiger partial charge >= 0.3 is 8.56 Å². The summed E-state index contributed by atoms with van der Waals surface area (Å²) < 4.78 is 12.2. The molecule has 2 rings (SSSR count). The number of rotatable bonds is 8. The van der Waals surface area contributed by atoms with Crippen LogP contribution in [0.3, 0.4) is 0 Å². The molecule has 0 saturated heterocycles. The molecule has 3 nitrogen and oxygen atoms in total. The second-order valence-corrected chi connectivity index (χ2v) is 12.5. The molecule has 23 heavy (non-hydrogen) atoms. The van der Waals surface area contributed by atoms with Gasteiger partial charge in [-0.3, -0.25) is 0 Å². The first kappa shape index (κ1) is 19.4. The zero-order valence-corrected chi connectivity index (χ0v) is 17.4. The molecule has 4 heteroatoms. The fourth-order valence-electron chi connectivity index (χ4n) is 5.72. The van der Waals surface area contributed by atoms with Crippen molar-refractivity contribution in [3.63, 3.8) is 0 Å². The molecular weight excluding hydrogens is 304 g/mol. The highest BCUT2D eigenvalue weighted by Gasteiger charge is 2.76. The predicted octanol–water partition coefficient (Wildman–Crippen LogP) is 4.66. The lowest BCUT2D eigenvalue weighted by atomic mass is 9.69. The quantitative estimate of drug-likeness (QED) is 0.652. The Labute approximate surface area is 144 Å². The standard InChI is InChI=1S/C19H38O3Si/c1-8-9-10-15(2)14-23(21-6,22-7)19(20)13-16-11-12-18(19,5)17(16,3)4/h15-16,20H,8-14H2,1-7H3. The molecule has 2 fully saturated rings. The van der Waals surface area contributed by atoms with E-state index in [0.717, 1.165) is 18.9 Å². The molecule has 0 aromatic carbocycles. The Morgan fingerprint density at radius 1 is 1.22 bits per heavy atom. The average Bonchev–Trinajstić information content (AvgIpc) is 2.82. The lowest BCUT2D eigenvalue weighted by molar-refractivity contribution is -0.0655. The zero-order chi connectivity index (χ0) is 17.5. The van der Waals surface area contributed by atoms with Crippen LogP contribution in [0, 0.1) is 22.7 Å². The number of unbranched alkanes of at least 4 members (excludes halogenated alkanes) is 1. The van der Waals surface area contributed by atoms with Crippen LogP contribution in [0.25, 0.3) is 0 Å². The van der Waals surface area contributed by atoms with Gasteiger partial charge in [-0.15, -0.1) is 0 Å². The van der Waals surface area contributed by atoms with E-state index < -0.39 is 13.8 Å². The monoisotopic (exact) mass is 342 g/mol. The van der Waals surface area contributed by atoms with Crippen molar-refractivity contribution in [1.29, 1.82) is 0 Å². The first-order chi connectivity index (χ1) is 10.6. The summed E-state index contributed by atoms with van der Waals surface area (Å²) in [5.41, 5.74) is 0.0527. The second-order valence-electron chi connectivity index (χ2n) is 8.97. The van der Waals surface area contributed by atoms with Crippen molar-refractivity contribution in [2.75, 3.05) is 14.2 Å². The van der Waals surface area contributed by atoms with Gasteiger partial charge in [0.1, 0.15) is 5.22 Å². The Bertz CT molecular complexity index is 421. The molecule has 2 bridgehead atoms. The molecule has 2 saturated carbocycles. The van der Waals surface area contributed by atoms with Crippen LogP contribution in [0.1, 0.15) is 73.1 Å². The van der Waals surface area contributed by atoms with Crippen molar-refractivity contribution < 1.29 is 14.0 Å². The summed E-state index contributed by atoms with van der Waals surface area (Å²) in [6, 6.07) is 0.898. The smallest absolute Gasteiger partial charge is 0.371 e. The fraction of sp³-hybridized carbons (Fsp3) is 1.00. The van der Waals surface area contributed by atoms with Crippen LogP contribution in [0.2, 0.25) is 6.04 Å². The van der Waals surface area contributed by atoms with Gasteiger partial charge < -0.3 is 14.0 Å². The van der Waals surface area contributed by atoms with E-state index in [4.69, 9.17) is 8.85 Å². The van der Waals surface area contributed by atoms with Gasteiger partial charge in [-0.25, -0.2) is 0 Å². The highest BCUT2D eigenvalue weighted by molar-refractivity contribution is 6.70. The highest BCUT2D eigenvalue weighted by atomic mass is 28.4. The van der Waals surface area contributed by atoms with Gasteiger partial charge in [0.15, 0.2) is 0 Å². The fourth-order valence-corrected chi connectivity index (χ4v) is 10.2. The van der Waals surface area contributed by atoms with Gasteiger partial charge in [0.05, 0.1) is 0 Å². The molecule has 2 aliphatic carbocycles. The van der Waals surface area contributed by atoms with E-state index >= 15 is 0 Å². The predicted molar refractivity (Wildman–Crippen MR) is 97.4 cm³/mol. The molecule has 4 unspecified atom stereocenters. The molecule has 0 aliphatic heterocycles. The van der Waals surface area contributed by atoms with Crippen molar-refractivity contribution in [3.05, 3.63) is 0 Å². The second kappa shape index (κ2) is 6.43. The Kier molecular flexibility index (Phi) is 5.43. The van der Waals surface area contributed by atoms with E-state index in [1.807, 2.05) is 0 Å². The number of fused-ring (bicyclic) bond motifs is 2. The zero-order valence-electron chi connectivity index (χ0n) is 16.4. The summed E-state index contributed by atoms with van der Waals surface area (Å²) in [6.07, 6.45) is 6.82. The van der Waals surface area contributed by atoms with Crippen LogP contribution in [0.5, 0.6) is 0 Å². The van der Waals surface area contributed by atoms with Crippen molar-refractivity contribution in [1.82, 2.24) is 0 Å². The molecule has 4 atom stereocenters. The first-order valence-electron chi connectivity index (χ1n) is 9.47. The largest absolute Gasteiger partial charge is 0.396 e. The lowest BCUT2D eigenvalue weighted by Gasteiger charge is -2.52. The summed E-state index contributed by atoms with van der Waals surface area (Å²) in [4.78, 5) is 0. The van der Waals surface area contributed by atoms with Crippen LogP contribution in [0.15, 0.2) is 0 Å². The maximum absolute atomic E-state index is 12.0. The third-order valence-electron chi connectivity index (χ3n) is 7.85. The van der Waals surface area contributed by atoms with E-state index in [-0.39, 0.29) is 10.8 Å². The van der Waals surface area contributed by atoms with E-state index in [1.54, 1.807) is 14.2 Å². The number of hydrogen-bond donors (Lipinski definition) is 1. The molecule has 0 radical (unpaired) electrons. The van der Waals surface area contributed by atoms with Crippen LogP contribution >= 0.6 is 0 Å². The average molecular weight is 343 g/mol. The SMILES string of the molecule is CCCCC(C)C[Si](OC)(OC)C1(O)CC2CCC1(C)C2(C)C. The van der Waals surface area contributed by atoms with Crippen LogP contribution in [0.4, 0.5) is 0 Å². The van der Waals surface area contributed by atoms with Crippen LogP contribution in [-0.2, 0) is 8.85 Å². The van der Waals surface area contributed by atoms with Crippen LogP contribution < -0.4 is 0 Å². The Morgan fingerprint density at radius 2 is 1.83 bits per heavy atom. The Hall–Kier alpha value is 0.0969. The summed E-state index contributed by atoms with van der Waals surface area (Å²) in [5, 5.41) is 11.2. The first-order valence-corrected chi connectivity index (χ1v) is 11.5. The number of aliphatic hydroxyl groups is 1. The summed E-state index contributed by atoms with van der Waals surface area (Å²) in [5.74, 6) is 1.12. The Balaban J connectivity index is 2.34. The molecule has 0 heterocycles. The molecule has 0 spiro atoms. The summed E-state index contributed by atoms with van der Waals surface area (Å²) >= 11 is 0. The van der Waals surface area contributed by atoms with Gasteiger partial charge in [0.2, 0.25) is 0 Å². The van der Waals surface area contributed by atoms with Crippen molar-refractivity contribution in [3.8, 4) is 0 Å². The minimum atomic E-state index is -2.71. The maximum Gasteiger partial charge on any atom is 0.371 e. The topological polar surface area (TPSA) is 38.7 Å². The van der Waals surface area contributed by atoms with Gasteiger partial charge in [-0.2, -0.15) is 0 Å². The van der Waals surface area contributed by atoms with E-state index in [1.165, 1.54) is 25.7 Å². The van der Waals surface area contributed by atoms with Crippen LogP contribution in [-0.4, -0.2) is 33.1 Å². The molecule has 0 aromatic rings. The molecule has 1 N–H and O–H groups in total. The molecular formula is C19H38O3Si. The van der Waals surface area contributed by atoms with E-state index in [0.29, 0.717) is 11.8 Å². The molecule has 2 aliphatic rings. The van der Waals surface area contributed by atoms with E-state index in [9.17, 15) is 5.11 Å². The minimum Gasteiger partial charge on any atom is -0.396 e.